The minimum absolute atomic E-state index is 0.00895. The number of fused-ring (bicyclic) bond motifs is 1. The van der Waals surface area contributed by atoms with Gasteiger partial charge in [-0.3, -0.25) is 9.59 Å². The third-order valence-corrected chi connectivity index (χ3v) is 8.06. The molecule has 0 atom stereocenters. The number of aryl methyl sites for hydroxylation is 1. The predicted molar refractivity (Wildman–Crippen MR) is 123 cm³/mol. The number of rotatable bonds is 7. The topological polar surface area (TPSA) is 76.9 Å². The van der Waals surface area contributed by atoms with Crippen LogP contribution in [0.15, 0.2) is 35.5 Å². The highest BCUT2D eigenvalue weighted by atomic mass is 32.2. The lowest BCUT2D eigenvalue weighted by Crippen LogP contribution is -2.16. The van der Waals surface area contributed by atoms with Crippen molar-refractivity contribution in [3.05, 3.63) is 57.7 Å². The zero-order chi connectivity index (χ0) is 21.4. The zero-order valence-electron chi connectivity index (χ0n) is 17.4. The van der Waals surface area contributed by atoms with Gasteiger partial charge in [0.25, 0.3) is 0 Å². The summed E-state index contributed by atoms with van der Waals surface area (Å²) in [7, 11) is 1.96. The van der Waals surface area contributed by atoms with E-state index in [2.05, 4.69) is 15.5 Å². The van der Waals surface area contributed by atoms with E-state index in [9.17, 15) is 9.59 Å². The van der Waals surface area contributed by atoms with Crippen LogP contribution in [0.3, 0.4) is 0 Å². The summed E-state index contributed by atoms with van der Waals surface area (Å²) in [6, 6.07) is 9.32. The summed E-state index contributed by atoms with van der Waals surface area (Å²) in [6.07, 6.45) is 6.41. The van der Waals surface area contributed by atoms with E-state index in [1.807, 2.05) is 41.9 Å². The van der Waals surface area contributed by atoms with Gasteiger partial charge in [0.2, 0.25) is 5.91 Å². The van der Waals surface area contributed by atoms with E-state index >= 15 is 0 Å². The summed E-state index contributed by atoms with van der Waals surface area (Å²) >= 11 is 2.94. The van der Waals surface area contributed by atoms with Crippen LogP contribution >= 0.6 is 23.1 Å². The van der Waals surface area contributed by atoms with Crippen molar-refractivity contribution in [2.75, 3.05) is 11.1 Å². The fraction of sp³-hybridized carbons (Fsp3) is 0.391. The highest BCUT2D eigenvalue weighted by Gasteiger charge is 2.30. The van der Waals surface area contributed by atoms with E-state index in [-0.39, 0.29) is 17.4 Å². The maximum Gasteiger partial charge on any atom is 0.235 e. The molecule has 0 saturated heterocycles. The van der Waals surface area contributed by atoms with Crippen molar-refractivity contribution in [1.29, 1.82) is 0 Å². The van der Waals surface area contributed by atoms with Gasteiger partial charge in [0.1, 0.15) is 10.8 Å². The number of hydrogen-bond donors (Lipinski definition) is 1. The maximum absolute atomic E-state index is 13.3. The van der Waals surface area contributed by atoms with Crippen LogP contribution in [0.5, 0.6) is 0 Å². The number of carbonyl (C=O) groups excluding carboxylic acids is 2. The summed E-state index contributed by atoms with van der Waals surface area (Å²) in [4.78, 5) is 27.3. The molecule has 3 aromatic rings. The summed E-state index contributed by atoms with van der Waals surface area (Å²) < 4.78 is 1.99. The Morgan fingerprint density at radius 2 is 1.94 bits per heavy atom. The first-order valence-electron chi connectivity index (χ1n) is 10.7. The summed E-state index contributed by atoms with van der Waals surface area (Å²) in [5.74, 6) is 1.62. The first-order valence-corrected chi connectivity index (χ1v) is 12.5. The monoisotopic (exact) mass is 452 g/mol. The molecular formula is C23H24N4O2S2. The highest BCUT2D eigenvalue weighted by Crippen LogP contribution is 2.40. The predicted octanol–water partition coefficient (Wildman–Crippen LogP) is 4.59. The molecule has 2 aromatic heterocycles. The number of aromatic nitrogens is 3. The van der Waals surface area contributed by atoms with E-state index in [1.54, 1.807) is 11.3 Å². The number of thioether (sulfide) groups is 1. The minimum atomic E-state index is -0.123. The van der Waals surface area contributed by atoms with Crippen LogP contribution < -0.4 is 5.32 Å². The Morgan fingerprint density at radius 3 is 2.71 bits per heavy atom. The number of amides is 1. The van der Waals surface area contributed by atoms with Crippen LogP contribution in [0, 0.1) is 0 Å². The Morgan fingerprint density at radius 1 is 1.16 bits per heavy atom. The molecule has 0 aliphatic heterocycles. The van der Waals surface area contributed by atoms with Crippen molar-refractivity contribution in [2.45, 2.75) is 49.6 Å². The molecule has 160 valence electrons. The Bertz CT molecular complexity index is 1130. The number of hydrogen-bond acceptors (Lipinski definition) is 6. The third kappa shape index (κ3) is 4.19. The second-order valence-electron chi connectivity index (χ2n) is 8.12. The third-order valence-electron chi connectivity index (χ3n) is 5.83. The van der Waals surface area contributed by atoms with Gasteiger partial charge in [0, 0.05) is 23.4 Å². The van der Waals surface area contributed by atoms with Gasteiger partial charge >= 0.3 is 0 Å². The van der Waals surface area contributed by atoms with Crippen molar-refractivity contribution < 1.29 is 9.59 Å². The molecule has 1 N–H and O–H groups in total. The zero-order valence-corrected chi connectivity index (χ0v) is 19.0. The molecule has 5 rings (SSSR count). The second kappa shape index (κ2) is 8.59. The number of anilines is 1. The molecular weight excluding hydrogens is 428 g/mol. The molecule has 1 amide bonds. The molecule has 0 radical (unpaired) electrons. The Labute approximate surface area is 189 Å². The molecule has 31 heavy (non-hydrogen) atoms. The van der Waals surface area contributed by atoms with Crippen LogP contribution in [0.4, 0.5) is 5.00 Å². The summed E-state index contributed by atoms with van der Waals surface area (Å²) in [5.41, 5.74) is 2.46. The molecule has 1 fully saturated rings. The fourth-order valence-electron chi connectivity index (χ4n) is 4.07. The quantitative estimate of drug-likeness (QED) is 0.419. The van der Waals surface area contributed by atoms with Gasteiger partial charge in [-0.25, -0.2) is 0 Å². The van der Waals surface area contributed by atoms with Crippen molar-refractivity contribution in [2.24, 2.45) is 7.05 Å². The normalized spacial score (nSPS) is 15.5. The first kappa shape index (κ1) is 20.5. The van der Waals surface area contributed by atoms with Crippen molar-refractivity contribution in [3.8, 4) is 0 Å². The maximum atomic E-state index is 13.3. The van der Waals surface area contributed by atoms with E-state index in [1.165, 1.54) is 29.5 Å². The van der Waals surface area contributed by atoms with Gasteiger partial charge in [0.15, 0.2) is 10.9 Å². The van der Waals surface area contributed by atoms with Crippen molar-refractivity contribution in [1.82, 2.24) is 14.8 Å². The van der Waals surface area contributed by atoms with Crippen LogP contribution in [0.25, 0.3) is 0 Å². The van der Waals surface area contributed by atoms with Crippen LogP contribution in [0.2, 0.25) is 0 Å². The van der Waals surface area contributed by atoms with Gasteiger partial charge < -0.3 is 9.88 Å². The SMILES string of the molecule is Cn1c(SCC(=O)Nc2sc3c(c2C(=O)c2ccccc2)CCCC3)nnc1C1CC1. The molecule has 6 nitrogen and oxygen atoms in total. The van der Waals surface area contributed by atoms with Crippen LogP contribution in [0.1, 0.15) is 63.8 Å². The minimum Gasteiger partial charge on any atom is -0.316 e. The average molecular weight is 453 g/mol. The number of thiophene rings is 1. The standard InChI is InChI=1S/C23H24N4O2S2/c1-27-21(15-11-12-15)25-26-23(27)30-13-18(28)24-22-19(16-9-5-6-10-17(16)31-22)20(29)14-7-3-2-4-8-14/h2-4,7-8,15H,5-6,9-13H2,1H3,(H,24,28). The Balaban J connectivity index is 1.34. The summed E-state index contributed by atoms with van der Waals surface area (Å²) in [5, 5.41) is 13.0. The van der Waals surface area contributed by atoms with Gasteiger partial charge in [-0.2, -0.15) is 0 Å². The lowest BCUT2D eigenvalue weighted by Gasteiger charge is -2.12. The number of nitrogens with one attached hydrogen (secondary N) is 1. The van der Waals surface area contributed by atoms with Crippen molar-refractivity contribution in [3.63, 3.8) is 0 Å². The van der Waals surface area contributed by atoms with E-state index in [4.69, 9.17) is 0 Å². The van der Waals surface area contributed by atoms with Crippen LogP contribution in [-0.2, 0) is 24.7 Å². The van der Waals surface area contributed by atoms with Gasteiger partial charge in [0.05, 0.1) is 11.3 Å². The molecule has 0 unspecified atom stereocenters. The molecule has 2 heterocycles. The van der Waals surface area contributed by atoms with E-state index < -0.39 is 0 Å². The van der Waals surface area contributed by atoms with Gasteiger partial charge in [-0.15, -0.1) is 21.5 Å². The number of benzene rings is 1. The average Bonchev–Trinajstić information content (AvgIpc) is 3.47. The number of nitrogens with zero attached hydrogens (tertiary/aromatic N) is 3. The molecule has 2 aliphatic carbocycles. The van der Waals surface area contributed by atoms with Gasteiger partial charge in [-0.05, 0) is 44.1 Å². The molecule has 8 heteroatoms. The molecule has 2 aliphatic rings. The van der Waals surface area contributed by atoms with E-state index in [0.29, 0.717) is 22.0 Å². The second-order valence-corrected chi connectivity index (χ2v) is 10.2. The number of carbonyl (C=O) groups is 2. The number of ketones is 1. The van der Waals surface area contributed by atoms with Crippen molar-refractivity contribution >= 4 is 39.8 Å². The molecule has 0 spiro atoms. The lowest BCUT2D eigenvalue weighted by atomic mass is 9.92. The molecule has 1 saturated carbocycles. The Hall–Kier alpha value is -2.45. The summed E-state index contributed by atoms with van der Waals surface area (Å²) in [6.45, 7) is 0. The highest BCUT2D eigenvalue weighted by molar-refractivity contribution is 7.99. The lowest BCUT2D eigenvalue weighted by molar-refractivity contribution is -0.113. The molecule has 1 aromatic carbocycles. The molecule has 0 bridgehead atoms. The first-order chi connectivity index (χ1) is 15.1. The van der Waals surface area contributed by atoms with Crippen LogP contribution in [-0.4, -0.2) is 32.2 Å². The smallest absolute Gasteiger partial charge is 0.235 e. The van der Waals surface area contributed by atoms with E-state index in [0.717, 1.165) is 42.2 Å². The fourth-order valence-corrected chi connectivity index (χ4v) is 6.09. The van der Waals surface area contributed by atoms with Gasteiger partial charge in [-0.1, -0.05) is 42.1 Å². The Kier molecular flexibility index (Phi) is 5.67. The largest absolute Gasteiger partial charge is 0.316 e.